The molecule has 0 spiro atoms. The monoisotopic (exact) mass is 260 g/mol. The fourth-order valence-corrected chi connectivity index (χ4v) is 2.21. The largest absolute Gasteiger partial charge is 0.475 e. The highest BCUT2D eigenvalue weighted by atomic mass is 32.2. The van der Waals surface area contributed by atoms with Crippen LogP contribution >= 0.6 is 0 Å². The lowest BCUT2D eigenvalue weighted by atomic mass is 10.5. The Balaban J connectivity index is 3.06. The molecule has 0 saturated carbocycles. The molecule has 0 aliphatic heterocycles. The molecule has 17 heavy (non-hydrogen) atoms. The summed E-state index contributed by atoms with van der Waals surface area (Å²) >= 11 is 0. The van der Waals surface area contributed by atoms with E-state index in [9.17, 15) is 13.2 Å². The van der Waals surface area contributed by atoms with Crippen molar-refractivity contribution in [2.24, 2.45) is 0 Å². The summed E-state index contributed by atoms with van der Waals surface area (Å²) in [5.74, 6) is -1.50. The van der Waals surface area contributed by atoms with Crippen LogP contribution in [0.1, 0.15) is 37.1 Å². The van der Waals surface area contributed by atoms with Crippen molar-refractivity contribution in [2.75, 3.05) is 0 Å². The summed E-state index contributed by atoms with van der Waals surface area (Å²) in [6, 6.07) is 0. The van der Waals surface area contributed by atoms with E-state index in [1.165, 1.54) is 10.8 Å². The number of rotatable bonds is 5. The molecular weight excluding hydrogens is 244 g/mol. The summed E-state index contributed by atoms with van der Waals surface area (Å²) in [4.78, 5) is 14.7. The second-order valence-corrected chi connectivity index (χ2v) is 6.56. The number of hydrogen-bond donors (Lipinski definition) is 1. The van der Waals surface area contributed by atoms with Crippen LogP contribution in [-0.2, 0) is 22.1 Å². The molecule has 6 nitrogen and oxygen atoms in total. The maximum atomic E-state index is 11.7. The first-order valence-electron chi connectivity index (χ1n) is 5.28. The van der Waals surface area contributed by atoms with Gasteiger partial charge in [0.2, 0.25) is 5.82 Å². The minimum absolute atomic E-state index is 0.124. The summed E-state index contributed by atoms with van der Waals surface area (Å²) in [5.41, 5.74) is 0.276. The van der Waals surface area contributed by atoms with Crippen molar-refractivity contribution in [3.8, 4) is 0 Å². The van der Waals surface area contributed by atoms with Crippen molar-refractivity contribution in [1.82, 2.24) is 9.55 Å². The first-order chi connectivity index (χ1) is 7.77. The van der Waals surface area contributed by atoms with Crippen molar-refractivity contribution in [1.29, 1.82) is 0 Å². The lowest BCUT2D eigenvalue weighted by molar-refractivity contribution is 0.0678. The summed E-state index contributed by atoms with van der Waals surface area (Å²) in [6.07, 6.45) is 1.48. The highest BCUT2D eigenvalue weighted by Crippen LogP contribution is 2.11. The fourth-order valence-electron chi connectivity index (χ4n) is 1.32. The van der Waals surface area contributed by atoms with E-state index in [-0.39, 0.29) is 17.3 Å². The minimum atomic E-state index is -3.26. The van der Waals surface area contributed by atoms with Gasteiger partial charge in [-0.3, -0.25) is 0 Å². The van der Waals surface area contributed by atoms with Crippen LogP contribution in [0.25, 0.3) is 0 Å². The first kappa shape index (κ1) is 13.7. The van der Waals surface area contributed by atoms with E-state index in [2.05, 4.69) is 4.98 Å². The number of imidazole rings is 1. The molecule has 96 valence electrons. The van der Waals surface area contributed by atoms with Gasteiger partial charge in [0.15, 0.2) is 9.84 Å². The van der Waals surface area contributed by atoms with Gasteiger partial charge in [-0.05, 0) is 20.8 Å². The van der Waals surface area contributed by atoms with Crippen molar-refractivity contribution >= 4 is 15.8 Å². The Kier molecular flexibility index (Phi) is 3.92. The van der Waals surface area contributed by atoms with Crippen molar-refractivity contribution in [3.63, 3.8) is 0 Å². The minimum Gasteiger partial charge on any atom is -0.475 e. The van der Waals surface area contributed by atoms with Gasteiger partial charge in [-0.25, -0.2) is 18.2 Å². The number of aromatic carboxylic acids is 1. The summed E-state index contributed by atoms with van der Waals surface area (Å²) in [6.45, 7) is 5.39. The normalized spacial score (nSPS) is 12.0. The predicted molar refractivity (Wildman–Crippen MR) is 62.6 cm³/mol. The maximum Gasteiger partial charge on any atom is 0.372 e. The molecule has 0 amide bonds. The molecule has 0 bridgehead atoms. The van der Waals surface area contributed by atoms with Gasteiger partial charge in [0.25, 0.3) is 0 Å². The predicted octanol–water partition coefficient (Wildman–Crippen LogP) is 0.924. The first-order valence-corrected chi connectivity index (χ1v) is 7.00. The number of hydrogen-bond acceptors (Lipinski definition) is 4. The molecule has 0 aliphatic rings. The third kappa shape index (κ3) is 3.06. The maximum absolute atomic E-state index is 11.7. The number of carboxylic acids is 1. The highest BCUT2D eigenvalue weighted by Gasteiger charge is 2.21. The number of carboxylic acid groups (broad SMARTS) is 1. The van der Waals surface area contributed by atoms with Crippen LogP contribution in [-0.4, -0.2) is 34.3 Å². The van der Waals surface area contributed by atoms with Gasteiger partial charge in [-0.2, -0.15) is 0 Å². The van der Waals surface area contributed by atoms with Gasteiger partial charge >= 0.3 is 5.97 Å². The molecule has 0 saturated heterocycles. The Hall–Kier alpha value is -1.37. The van der Waals surface area contributed by atoms with Crippen LogP contribution in [0.4, 0.5) is 0 Å². The van der Waals surface area contributed by atoms with Gasteiger partial charge in [0.05, 0.1) is 16.7 Å². The van der Waals surface area contributed by atoms with Crippen LogP contribution in [0, 0.1) is 0 Å². The zero-order chi connectivity index (χ0) is 13.2. The third-order valence-electron chi connectivity index (χ3n) is 2.43. The van der Waals surface area contributed by atoms with Crippen LogP contribution in [0.3, 0.4) is 0 Å². The van der Waals surface area contributed by atoms with Crippen molar-refractivity contribution in [2.45, 2.75) is 38.3 Å². The van der Waals surface area contributed by atoms with E-state index >= 15 is 0 Å². The lowest BCUT2D eigenvalue weighted by Gasteiger charge is -2.04. The number of sulfone groups is 1. The molecule has 0 aromatic carbocycles. The third-order valence-corrected chi connectivity index (χ3v) is 4.56. The Morgan fingerprint density at radius 3 is 2.47 bits per heavy atom. The van der Waals surface area contributed by atoms with Crippen LogP contribution < -0.4 is 0 Å². The zero-order valence-corrected chi connectivity index (χ0v) is 10.9. The zero-order valence-electron chi connectivity index (χ0n) is 10.0. The average Bonchev–Trinajstić information content (AvgIpc) is 2.60. The molecule has 7 heteroatoms. The highest BCUT2D eigenvalue weighted by molar-refractivity contribution is 7.91. The molecule has 1 heterocycles. The summed E-state index contributed by atoms with van der Waals surface area (Å²) in [5, 5.41) is 8.39. The van der Waals surface area contributed by atoms with Crippen molar-refractivity contribution < 1.29 is 18.3 Å². The van der Waals surface area contributed by atoms with Gasteiger partial charge in [-0.1, -0.05) is 0 Å². The quantitative estimate of drug-likeness (QED) is 0.850. The van der Waals surface area contributed by atoms with Gasteiger partial charge in [0.1, 0.15) is 0 Å². The molecule has 1 aromatic heterocycles. The van der Waals surface area contributed by atoms with E-state index in [1.807, 2.05) is 0 Å². The van der Waals surface area contributed by atoms with Crippen LogP contribution in [0.5, 0.6) is 0 Å². The molecule has 0 atom stereocenters. The lowest BCUT2D eigenvalue weighted by Crippen LogP contribution is -2.16. The van der Waals surface area contributed by atoms with Crippen LogP contribution in [0.15, 0.2) is 6.20 Å². The molecule has 0 fully saturated rings. The summed E-state index contributed by atoms with van der Waals surface area (Å²) < 4.78 is 24.8. The van der Waals surface area contributed by atoms with Crippen LogP contribution in [0.2, 0.25) is 0 Å². The molecule has 0 unspecified atom stereocenters. The number of aryl methyl sites for hydroxylation is 1. The Labute approximate surface area is 100 Å². The fraction of sp³-hybridized carbons (Fsp3) is 0.600. The van der Waals surface area contributed by atoms with Gasteiger partial charge in [0, 0.05) is 12.7 Å². The Bertz CT molecular complexity index is 516. The molecule has 1 N–H and O–H groups in total. The molecular formula is C10H16N2O4S. The van der Waals surface area contributed by atoms with E-state index in [0.717, 1.165) is 0 Å². The van der Waals surface area contributed by atoms with Gasteiger partial charge < -0.3 is 9.67 Å². The number of aromatic nitrogens is 2. The topological polar surface area (TPSA) is 89.3 Å². The van der Waals surface area contributed by atoms with Crippen molar-refractivity contribution in [3.05, 3.63) is 17.7 Å². The smallest absolute Gasteiger partial charge is 0.372 e. The second kappa shape index (κ2) is 4.87. The molecule has 0 radical (unpaired) electrons. The number of nitrogens with zero attached hydrogens (tertiary/aromatic N) is 2. The van der Waals surface area contributed by atoms with E-state index < -0.39 is 21.1 Å². The number of carbonyl (C=O) groups is 1. The molecule has 0 aliphatic carbocycles. The van der Waals surface area contributed by atoms with E-state index in [4.69, 9.17) is 5.11 Å². The Morgan fingerprint density at radius 2 is 2.12 bits per heavy atom. The summed E-state index contributed by atoms with van der Waals surface area (Å²) in [7, 11) is -3.26. The molecule has 1 aromatic rings. The van der Waals surface area contributed by atoms with E-state index in [0.29, 0.717) is 6.54 Å². The second-order valence-electron chi connectivity index (χ2n) is 4.00. The average molecular weight is 260 g/mol. The Morgan fingerprint density at radius 1 is 1.53 bits per heavy atom. The standard InChI is InChI=1S/C10H16N2O4S/c1-4-12-5-8(11-9(12)10(13)14)6-17(15,16)7(2)3/h5,7H,4,6H2,1-3H3,(H,13,14). The molecule has 1 rings (SSSR count). The van der Waals surface area contributed by atoms with Gasteiger partial charge in [-0.15, -0.1) is 0 Å². The van der Waals surface area contributed by atoms with E-state index in [1.54, 1.807) is 20.8 Å². The SMILES string of the molecule is CCn1cc(CS(=O)(=O)C(C)C)nc1C(=O)O.